The molecule has 6 rings (SSSR count). The average Bonchev–Trinajstić information content (AvgIpc) is 3.40. The molecule has 0 saturated carbocycles. The second-order valence-corrected chi connectivity index (χ2v) is 22.3. The van der Waals surface area contributed by atoms with Crippen LogP contribution in [-0.4, -0.2) is 100 Å². The zero-order valence-electron chi connectivity index (χ0n) is 43.1. The molecule has 73 heavy (non-hydrogen) atoms. The van der Waals surface area contributed by atoms with Gasteiger partial charge in [0.05, 0.1) is 62.7 Å². The van der Waals surface area contributed by atoms with E-state index in [0.717, 1.165) is 33.4 Å². The van der Waals surface area contributed by atoms with Crippen LogP contribution in [-0.2, 0) is 26.0 Å². The molecule has 0 saturated heterocycles. The Bertz CT molecular complexity index is 2370. The second-order valence-electron chi connectivity index (χ2n) is 20.6. The fourth-order valence-corrected chi connectivity index (χ4v) is 9.58. The van der Waals surface area contributed by atoms with Crippen molar-refractivity contribution in [3.8, 4) is 0 Å². The van der Waals surface area contributed by atoms with E-state index in [2.05, 4.69) is 120 Å². The summed E-state index contributed by atoms with van der Waals surface area (Å²) in [5.74, 6) is 0. The van der Waals surface area contributed by atoms with Crippen LogP contribution in [0.25, 0.3) is 0 Å². The predicted octanol–water partition coefficient (Wildman–Crippen LogP) is 8.10. The van der Waals surface area contributed by atoms with Gasteiger partial charge in [-0.15, -0.1) is 0 Å². The first kappa shape index (κ1) is 61.2. The molecule has 0 aliphatic rings. The van der Waals surface area contributed by atoms with Gasteiger partial charge in [0.25, 0.3) is 0 Å². The van der Waals surface area contributed by atoms with Gasteiger partial charge in [0, 0.05) is 21.7 Å². The summed E-state index contributed by atoms with van der Waals surface area (Å²) in [7, 11) is -5.22. The summed E-state index contributed by atoms with van der Waals surface area (Å²) in [6.45, 7) is 13.9. The fourth-order valence-electron chi connectivity index (χ4n) is 9.06. The van der Waals surface area contributed by atoms with Crippen molar-refractivity contribution in [2.75, 3.05) is 39.6 Å². The highest BCUT2D eigenvalue weighted by molar-refractivity contribution is 7.53. The largest absolute Gasteiger partial charge is 0.395 e. The first-order valence-electron chi connectivity index (χ1n) is 24.0. The van der Waals surface area contributed by atoms with Crippen molar-refractivity contribution in [2.45, 2.75) is 89.3 Å². The lowest BCUT2D eigenvalue weighted by atomic mass is 9.69. The summed E-state index contributed by atoms with van der Waals surface area (Å²) in [6.07, 6.45) is -2.49. The molecule has 0 amide bonds. The molecule has 0 aliphatic carbocycles. The maximum absolute atomic E-state index is 11.4. The Hall–Kier alpha value is -4.34. The summed E-state index contributed by atoms with van der Waals surface area (Å²) in [6, 6.07) is 52.7. The molecule has 2 unspecified atom stereocenters. The first-order valence-corrected chi connectivity index (χ1v) is 26.3. The van der Waals surface area contributed by atoms with E-state index in [0.29, 0.717) is 11.1 Å². The van der Waals surface area contributed by atoms with E-state index < -0.39 is 90.7 Å². The summed E-state index contributed by atoms with van der Waals surface area (Å²) in [5, 5.41) is 82.5. The zero-order chi connectivity index (χ0) is 54.4. The molecule has 0 bridgehead atoms. The number of rotatable bonds is 20. The number of hydrogen-bond acceptors (Lipinski definition) is 13. The van der Waals surface area contributed by atoms with Crippen LogP contribution in [0.15, 0.2) is 158 Å². The molecule has 0 aromatic heterocycles. The molecule has 15 heteroatoms. The summed E-state index contributed by atoms with van der Waals surface area (Å²) < 4.78 is 3.60. The molecule has 0 radical (unpaired) electrons. The van der Waals surface area contributed by atoms with Crippen LogP contribution in [0.1, 0.15) is 123 Å². The van der Waals surface area contributed by atoms with Gasteiger partial charge in [-0.2, -0.15) is 0 Å². The lowest BCUT2D eigenvalue weighted by Gasteiger charge is -2.38. The minimum Gasteiger partial charge on any atom is -0.395 e. The molecule has 0 aliphatic heterocycles. The SMILES string of the molecule is CC(C)(c1ccccc1)c1ccc(C(O)C(CO)(CO)CO)c(C(C)(C)c2ccccc2)c1.CC(C)(c1ccccc1)c1ccc(C(O)C(CO)(CO)CO)c(C(C)(C)c2ccccc2)c1.OP(O)OP(O)O. The lowest BCUT2D eigenvalue weighted by Crippen LogP contribution is -2.41. The minimum atomic E-state index is -2.61. The van der Waals surface area contributed by atoms with Crippen molar-refractivity contribution in [3.63, 3.8) is 0 Å². The Morgan fingerprint density at radius 3 is 0.781 bits per heavy atom. The smallest absolute Gasteiger partial charge is 0.334 e. The third kappa shape index (κ3) is 14.1. The van der Waals surface area contributed by atoms with Crippen LogP contribution in [0, 0.1) is 10.8 Å². The van der Waals surface area contributed by atoms with E-state index in [1.807, 2.05) is 97.1 Å². The predicted molar refractivity (Wildman–Crippen MR) is 288 cm³/mol. The monoisotopic (exact) mass is 1040 g/mol. The Morgan fingerprint density at radius 2 is 0.575 bits per heavy atom. The number of aliphatic hydroxyl groups is 8. The highest BCUT2D eigenvalue weighted by Crippen LogP contribution is 2.46. The van der Waals surface area contributed by atoms with Crippen LogP contribution >= 0.6 is 17.2 Å². The molecule has 6 aromatic carbocycles. The topological polar surface area (TPSA) is 252 Å². The maximum atomic E-state index is 11.4. The molecule has 396 valence electrons. The normalized spacial score (nSPS) is 13.5. The molecule has 6 aromatic rings. The molecule has 0 fully saturated rings. The van der Waals surface area contributed by atoms with Crippen LogP contribution in [0.3, 0.4) is 0 Å². The van der Waals surface area contributed by atoms with Crippen molar-refractivity contribution >= 4 is 17.2 Å². The Balaban J connectivity index is 0.000000280. The van der Waals surface area contributed by atoms with Gasteiger partial charge in [-0.1, -0.05) is 213 Å². The van der Waals surface area contributed by atoms with E-state index in [-0.39, 0.29) is 10.8 Å². The van der Waals surface area contributed by atoms with Gasteiger partial charge in [-0.05, 0) is 55.6 Å². The number of hydrogen-bond donors (Lipinski definition) is 12. The molecule has 0 spiro atoms. The Labute approximate surface area is 433 Å². The van der Waals surface area contributed by atoms with Gasteiger partial charge >= 0.3 is 17.2 Å². The van der Waals surface area contributed by atoms with Crippen molar-refractivity contribution in [1.82, 2.24) is 0 Å². The van der Waals surface area contributed by atoms with Crippen LogP contribution in [0.4, 0.5) is 0 Å². The quantitative estimate of drug-likeness (QED) is 0.0324. The number of aliphatic hydroxyl groups excluding tert-OH is 8. The molecular weight excluding hydrogens is 967 g/mol. The van der Waals surface area contributed by atoms with Crippen LogP contribution < -0.4 is 0 Å². The van der Waals surface area contributed by atoms with Gasteiger partial charge in [0.1, 0.15) is 0 Å². The molecular formula is C58H76O13P2. The standard InChI is InChI=1S/2C29H36O4.H4O5P2/c2*1-27(2,21-11-7-5-8-12-21)23-15-16-24(26(33)29(18-30,19-31)20-32)25(17-23)28(3,4)22-13-9-6-10-14-22;1-6(2)5-7(3)4/h2*5-17,26,30-33H,18-20H2,1-4H3;1-4H. The van der Waals surface area contributed by atoms with Crippen molar-refractivity contribution in [1.29, 1.82) is 0 Å². The van der Waals surface area contributed by atoms with Gasteiger partial charge in [-0.3, -0.25) is 0 Å². The molecule has 13 nitrogen and oxygen atoms in total. The van der Waals surface area contributed by atoms with Crippen LogP contribution in [0.5, 0.6) is 0 Å². The highest BCUT2D eigenvalue weighted by atomic mass is 31.2. The van der Waals surface area contributed by atoms with E-state index in [9.17, 15) is 40.9 Å². The zero-order valence-corrected chi connectivity index (χ0v) is 44.9. The van der Waals surface area contributed by atoms with E-state index in [1.165, 1.54) is 11.1 Å². The minimum absolute atomic E-state index is 0.283. The first-order chi connectivity index (χ1) is 34.4. The van der Waals surface area contributed by atoms with Crippen LogP contribution in [0.2, 0.25) is 0 Å². The van der Waals surface area contributed by atoms with E-state index in [4.69, 9.17) is 19.6 Å². The Kier molecular flexibility index (Phi) is 22.2. The second kappa shape index (κ2) is 26.4. The fraction of sp³-hybridized carbons (Fsp3) is 0.379. The number of benzene rings is 6. The average molecular weight is 1040 g/mol. The lowest BCUT2D eigenvalue weighted by molar-refractivity contribution is -0.0861. The van der Waals surface area contributed by atoms with Crippen molar-refractivity contribution in [2.24, 2.45) is 10.8 Å². The van der Waals surface area contributed by atoms with Gasteiger partial charge < -0.3 is 60.4 Å². The molecule has 0 heterocycles. The summed E-state index contributed by atoms with van der Waals surface area (Å²) in [5.41, 5.74) is 5.24. The van der Waals surface area contributed by atoms with Gasteiger partial charge in [-0.25, -0.2) is 4.31 Å². The van der Waals surface area contributed by atoms with Crippen molar-refractivity contribution in [3.05, 3.63) is 213 Å². The van der Waals surface area contributed by atoms with E-state index in [1.54, 1.807) is 0 Å². The maximum Gasteiger partial charge on any atom is 0.334 e. The van der Waals surface area contributed by atoms with E-state index >= 15 is 0 Å². The molecule has 2 atom stereocenters. The van der Waals surface area contributed by atoms with Gasteiger partial charge in [0.2, 0.25) is 0 Å². The third-order valence-corrected chi connectivity index (χ3v) is 15.8. The molecule has 12 N–H and O–H groups in total. The summed E-state index contributed by atoms with van der Waals surface area (Å²) in [4.78, 5) is 31.3. The van der Waals surface area contributed by atoms with Crippen molar-refractivity contribution < 1.29 is 64.7 Å². The highest BCUT2D eigenvalue weighted by Gasteiger charge is 2.43. The Morgan fingerprint density at radius 1 is 0.342 bits per heavy atom. The third-order valence-electron chi connectivity index (χ3n) is 14.7. The summed E-state index contributed by atoms with van der Waals surface area (Å²) >= 11 is 0. The van der Waals surface area contributed by atoms with Gasteiger partial charge in [0.15, 0.2) is 0 Å².